The van der Waals surface area contributed by atoms with Crippen LogP contribution in [0.3, 0.4) is 0 Å². The summed E-state index contributed by atoms with van der Waals surface area (Å²) in [4.78, 5) is 15.3. The molecular weight excluding hydrogens is 328 g/mol. The molecule has 26 heavy (non-hydrogen) atoms. The smallest absolute Gasteiger partial charge is 0.330 e. The van der Waals surface area contributed by atoms with Gasteiger partial charge in [-0.3, -0.25) is 0 Å². The Bertz CT molecular complexity index is 345. The van der Waals surface area contributed by atoms with E-state index in [1.807, 2.05) is 26.8 Å². The Morgan fingerprint density at radius 2 is 1.15 bits per heavy atom. The number of hydrogen-bond acceptors (Lipinski definition) is 3. The summed E-state index contributed by atoms with van der Waals surface area (Å²) in [5.41, 5.74) is -0.408. The van der Waals surface area contributed by atoms with Gasteiger partial charge < -0.3 is 4.74 Å². The Morgan fingerprint density at radius 1 is 0.731 bits per heavy atom. The predicted molar refractivity (Wildman–Crippen MR) is 106 cm³/mol. The lowest BCUT2D eigenvalue weighted by atomic mass is 10.0. The van der Waals surface area contributed by atoms with Crippen LogP contribution < -0.4 is 0 Å². The molecule has 0 spiro atoms. The molecule has 0 aromatic heterocycles. The van der Waals surface area contributed by atoms with Crippen LogP contribution in [0.1, 0.15) is 111 Å². The number of esters is 1. The van der Waals surface area contributed by atoms with Crippen LogP contribution in [-0.4, -0.2) is 18.2 Å². The molecule has 0 N–H and O–H groups in total. The van der Waals surface area contributed by atoms with Gasteiger partial charge in [0.25, 0.3) is 0 Å². The number of hydrogen-bond donors (Lipinski definition) is 0. The van der Waals surface area contributed by atoms with Crippen LogP contribution in [0.2, 0.25) is 0 Å². The fourth-order valence-electron chi connectivity index (χ4n) is 2.88. The highest BCUT2D eigenvalue weighted by Gasteiger charge is 2.13. The Labute approximate surface area is 161 Å². The molecule has 0 bridgehead atoms. The summed E-state index contributed by atoms with van der Waals surface area (Å²) in [7, 11) is 0. The average Bonchev–Trinajstić information content (AvgIpc) is 2.56. The van der Waals surface area contributed by atoms with Crippen molar-refractivity contribution in [1.82, 2.24) is 0 Å². The molecule has 0 heterocycles. The van der Waals surface area contributed by atoms with E-state index in [-0.39, 0.29) is 5.97 Å². The minimum atomic E-state index is -0.408. The van der Waals surface area contributed by atoms with E-state index < -0.39 is 5.60 Å². The Hall–Kier alpha value is -0.870. The third-order valence-corrected chi connectivity index (χ3v) is 4.26. The van der Waals surface area contributed by atoms with Crippen LogP contribution >= 0.6 is 0 Å². The van der Waals surface area contributed by atoms with Crippen molar-refractivity contribution in [2.75, 3.05) is 6.61 Å². The van der Waals surface area contributed by atoms with Crippen LogP contribution in [0, 0.1) is 0 Å². The SMILES string of the molecule is CC(C)(C)OC(=O)C=CCCCCCCCCCCCCCCCO[O]. The molecule has 0 atom stereocenters. The van der Waals surface area contributed by atoms with Crippen molar-refractivity contribution in [2.24, 2.45) is 0 Å². The first-order valence-electron chi connectivity index (χ1n) is 10.6. The van der Waals surface area contributed by atoms with Crippen molar-refractivity contribution in [3.05, 3.63) is 12.2 Å². The van der Waals surface area contributed by atoms with E-state index in [2.05, 4.69) is 4.89 Å². The van der Waals surface area contributed by atoms with E-state index in [1.54, 1.807) is 6.08 Å². The van der Waals surface area contributed by atoms with Gasteiger partial charge in [-0.2, -0.15) is 0 Å². The lowest BCUT2D eigenvalue weighted by Gasteiger charge is -2.17. The zero-order valence-electron chi connectivity index (χ0n) is 17.4. The van der Waals surface area contributed by atoms with Crippen LogP contribution in [0.25, 0.3) is 0 Å². The molecule has 0 aliphatic carbocycles. The van der Waals surface area contributed by atoms with Crippen molar-refractivity contribution in [3.63, 3.8) is 0 Å². The van der Waals surface area contributed by atoms with Crippen molar-refractivity contribution in [2.45, 2.75) is 116 Å². The van der Waals surface area contributed by atoms with Crippen molar-refractivity contribution >= 4 is 5.97 Å². The van der Waals surface area contributed by atoms with Gasteiger partial charge in [0.1, 0.15) is 5.60 Å². The maximum atomic E-state index is 11.5. The van der Waals surface area contributed by atoms with Gasteiger partial charge in [-0.25, -0.2) is 9.68 Å². The number of rotatable bonds is 17. The predicted octanol–water partition coefficient (Wildman–Crippen LogP) is 6.71. The number of carbonyl (C=O) groups is 1. The molecule has 0 unspecified atom stereocenters. The second-order valence-corrected chi connectivity index (χ2v) is 8.14. The second kappa shape index (κ2) is 17.5. The highest BCUT2D eigenvalue weighted by atomic mass is 17.1. The van der Waals surface area contributed by atoms with Gasteiger partial charge in [-0.15, -0.1) is 0 Å². The van der Waals surface area contributed by atoms with Gasteiger partial charge >= 0.3 is 5.97 Å². The van der Waals surface area contributed by atoms with Gasteiger partial charge in [-0.1, -0.05) is 76.7 Å². The van der Waals surface area contributed by atoms with Crippen molar-refractivity contribution in [1.29, 1.82) is 0 Å². The van der Waals surface area contributed by atoms with E-state index in [9.17, 15) is 10.1 Å². The van der Waals surface area contributed by atoms with Crippen molar-refractivity contribution < 1.29 is 19.7 Å². The van der Waals surface area contributed by atoms with E-state index in [1.165, 1.54) is 64.2 Å². The summed E-state index contributed by atoms with van der Waals surface area (Å²) in [6.45, 7) is 6.01. The summed E-state index contributed by atoms with van der Waals surface area (Å²) in [5.74, 6) is -0.242. The molecular formula is C22H41O4. The Morgan fingerprint density at radius 3 is 1.58 bits per heavy atom. The zero-order chi connectivity index (χ0) is 19.5. The maximum Gasteiger partial charge on any atom is 0.330 e. The first kappa shape index (κ1) is 25.1. The van der Waals surface area contributed by atoms with E-state index in [0.29, 0.717) is 6.61 Å². The minimum Gasteiger partial charge on any atom is -0.457 e. The van der Waals surface area contributed by atoms with Gasteiger partial charge in [0.05, 0.1) is 6.61 Å². The van der Waals surface area contributed by atoms with E-state index >= 15 is 0 Å². The molecule has 4 heteroatoms. The summed E-state index contributed by atoms with van der Waals surface area (Å²) in [6.07, 6.45) is 20.7. The fourth-order valence-corrected chi connectivity index (χ4v) is 2.88. The van der Waals surface area contributed by atoms with Gasteiger partial charge in [0, 0.05) is 6.08 Å². The largest absolute Gasteiger partial charge is 0.457 e. The minimum absolute atomic E-state index is 0.242. The monoisotopic (exact) mass is 369 g/mol. The molecule has 0 saturated carbocycles. The van der Waals surface area contributed by atoms with E-state index in [4.69, 9.17) is 4.74 Å². The lowest BCUT2D eigenvalue weighted by Crippen LogP contribution is -2.22. The standard InChI is InChI=1S/C22H41O4/c1-22(2,3)26-21(23)19-17-15-13-11-9-7-5-4-6-8-10-12-14-16-18-20-25-24/h17,19H,4-16,18,20H2,1-3H3. The normalized spacial score (nSPS) is 12.0. The van der Waals surface area contributed by atoms with Crippen LogP contribution in [-0.2, 0) is 19.7 Å². The first-order valence-corrected chi connectivity index (χ1v) is 10.6. The van der Waals surface area contributed by atoms with Crippen LogP contribution in [0.15, 0.2) is 12.2 Å². The van der Waals surface area contributed by atoms with Crippen LogP contribution in [0.4, 0.5) is 0 Å². The van der Waals surface area contributed by atoms with Gasteiger partial charge in [-0.05, 0) is 45.3 Å². The Balaban J connectivity index is 3.21. The maximum absolute atomic E-state index is 11.5. The summed E-state index contributed by atoms with van der Waals surface area (Å²) in [5, 5.41) is 9.82. The molecule has 0 fully saturated rings. The Kier molecular flexibility index (Phi) is 17.0. The first-order chi connectivity index (χ1) is 12.5. The van der Waals surface area contributed by atoms with Crippen molar-refractivity contribution in [3.8, 4) is 0 Å². The summed E-state index contributed by atoms with van der Waals surface area (Å²) in [6, 6.07) is 0. The molecule has 0 rings (SSSR count). The van der Waals surface area contributed by atoms with E-state index in [0.717, 1.165) is 25.7 Å². The molecule has 0 amide bonds. The number of allylic oxidation sites excluding steroid dienone is 1. The molecule has 4 nitrogen and oxygen atoms in total. The third-order valence-electron chi connectivity index (χ3n) is 4.26. The lowest BCUT2D eigenvalue weighted by molar-refractivity contribution is -0.303. The fraction of sp³-hybridized carbons (Fsp3) is 0.864. The van der Waals surface area contributed by atoms with Crippen LogP contribution in [0.5, 0.6) is 0 Å². The zero-order valence-corrected chi connectivity index (χ0v) is 17.4. The molecule has 0 aliphatic rings. The van der Waals surface area contributed by atoms with Gasteiger partial charge in [0.15, 0.2) is 0 Å². The average molecular weight is 370 g/mol. The topological polar surface area (TPSA) is 55.4 Å². The summed E-state index contributed by atoms with van der Waals surface area (Å²) < 4.78 is 5.22. The molecule has 0 aromatic rings. The third kappa shape index (κ3) is 21.2. The molecule has 153 valence electrons. The highest BCUT2D eigenvalue weighted by Crippen LogP contribution is 2.13. The summed E-state index contributed by atoms with van der Waals surface area (Å²) >= 11 is 0. The number of unbranched alkanes of at least 4 members (excludes halogenated alkanes) is 13. The molecule has 0 saturated heterocycles. The molecule has 0 aliphatic heterocycles. The van der Waals surface area contributed by atoms with Gasteiger partial charge in [0.2, 0.25) is 0 Å². The molecule has 0 aromatic carbocycles. The molecule has 1 radical (unpaired) electrons. The number of ether oxygens (including phenoxy) is 1. The highest BCUT2D eigenvalue weighted by molar-refractivity contribution is 5.82. The second-order valence-electron chi connectivity index (χ2n) is 8.14. The quantitative estimate of drug-likeness (QED) is 0.0941. The number of carbonyl (C=O) groups excluding carboxylic acids is 1.